The van der Waals surface area contributed by atoms with Gasteiger partial charge in [-0.15, -0.1) is 0 Å². The Labute approximate surface area is 133 Å². The van der Waals surface area contributed by atoms with Gasteiger partial charge in [0, 0.05) is 10.2 Å². The summed E-state index contributed by atoms with van der Waals surface area (Å²) in [6, 6.07) is 7.99. The monoisotopic (exact) mass is 374 g/mol. The van der Waals surface area contributed by atoms with E-state index in [0.717, 1.165) is 4.47 Å². The van der Waals surface area contributed by atoms with E-state index in [2.05, 4.69) is 21.2 Å². The van der Waals surface area contributed by atoms with Crippen LogP contribution >= 0.6 is 39.1 Å². The molecule has 0 aromatic heterocycles. The number of carboxylic acids is 1. The molecule has 0 atom stereocenters. The zero-order chi connectivity index (χ0) is 14.9. The molecule has 0 aliphatic rings. The van der Waals surface area contributed by atoms with Gasteiger partial charge < -0.3 is 16.2 Å². The molecule has 2 aromatic rings. The van der Waals surface area contributed by atoms with Crippen molar-refractivity contribution >= 4 is 62.2 Å². The number of hydrogen-bond donors (Lipinski definition) is 3. The average Bonchev–Trinajstić information content (AvgIpc) is 2.34. The van der Waals surface area contributed by atoms with Crippen LogP contribution in [0.2, 0.25) is 10.0 Å². The molecule has 0 bridgehead atoms. The highest BCUT2D eigenvalue weighted by molar-refractivity contribution is 9.10. The third kappa shape index (κ3) is 3.17. The summed E-state index contributed by atoms with van der Waals surface area (Å²) in [4.78, 5) is 11.3. The number of anilines is 3. The van der Waals surface area contributed by atoms with E-state index in [0.29, 0.717) is 10.7 Å². The van der Waals surface area contributed by atoms with Crippen LogP contribution in [0.15, 0.2) is 34.8 Å². The number of benzene rings is 2. The number of carboxylic acid groups (broad SMARTS) is 1. The lowest BCUT2D eigenvalue weighted by Crippen LogP contribution is -2.05. The second-order valence-electron chi connectivity index (χ2n) is 3.98. The number of nitrogens with one attached hydrogen (secondary N) is 1. The van der Waals surface area contributed by atoms with Gasteiger partial charge in [0.05, 0.1) is 27.0 Å². The molecule has 0 aliphatic heterocycles. The zero-order valence-corrected chi connectivity index (χ0v) is 13.1. The van der Waals surface area contributed by atoms with Crippen molar-refractivity contribution in [2.24, 2.45) is 0 Å². The molecule has 2 rings (SSSR count). The molecule has 0 fully saturated rings. The molecule has 0 radical (unpaired) electrons. The van der Waals surface area contributed by atoms with Crippen LogP contribution in [0.4, 0.5) is 17.1 Å². The molecule has 0 saturated carbocycles. The van der Waals surface area contributed by atoms with E-state index in [4.69, 9.17) is 28.9 Å². The van der Waals surface area contributed by atoms with Crippen molar-refractivity contribution < 1.29 is 9.90 Å². The Kier molecular flexibility index (Phi) is 4.42. The summed E-state index contributed by atoms with van der Waals surface area (Å²) in [7, 11) is 0. The summed E-state index contributed by atoms with van der Waals surface area (Å²) in [5.41, 5.74) is 6.65. The molecule has 4 nitrogen and oxygen atoms in total. The molecular weight excluding hydrogens is 367 g/mol. The number of rotatable bonds is 3. The van der Waals surface area contributed by atoms with Crippen molar-refractivity contribution in [3.63, 3.8) is 0 Å². The van der Waals surface area contributed by atoms with Crippen molar-refractivity contribution in [1.82, 2.24) is 0 Å². The Morgan fingerprint density at radius 3 is 2.50 bits per heavy atom. The Hall–Kier alpha value is -1.43. The molecule has 2 aromatic carbocycles. The van der Waals surface area contributed by atoms with Gasteiger partial charge in [-0.1, -0.05) is 39.1 Å². The van der Waals surface area contributed by atoms with Gasteiger partial charge in [0.2, 0.25) is 0 Å². The first-order valence-electron chi connectivity index (χ1n) is 5.43. The van der Waals surface area contributed by atoms with Crippen LogP contribution in [-0.2, 0) is 0 Å². The second kappa shape index (κ2) is 5.91. The molecule has 0 aliphatic carbocycles. The quantitative estimate of drug-likeness (QED) is 0.674. The van der Waals surface area contributed by atoms with Crippen LogP contribution in [0, 0.1) is 0 Å². The standard InChI is InChI=1S/C13H9BrCl2N2O2/c14-6-1-2-11(9(15)3-6)18-12-8(13(19)20)4-7(17)5-10(12)16/h1-5,18H,17H2,(H,19,20). The number of nitrogen functional groups attached to an aromatic ring is 1. The maximum Gasteiger partial charge on any atom is 0.337 e. The summed E-state index contributed by atoms with van der Waals surface area (Å²) in [5.74, 6) is -1.13. The lowest BCUT2D eigenvalue weighted by molar-refractivity contribution is 0.0698. The molecule has 4 N–H and O–H groups in total. The van der Waals surface area contributed by atoms with Crippen molar-refractivity contribution in [1.29, 1.82) is 0 Å². The molecule has 0 spiro atoms. The van der Waals surface area contributed by atoms with E-state index in [1.807, 2.05) is 0 Å². The van der Waals surface area contributed by atoms with Crippen LogP contribution in [-0.4, -0.2) is 11.1 Å². The fourth-order valence-corrected chi connectivity index (χ4v) is 2.64. The number of aromatic carboxylic acids is 1. The number of nitrogens with two attached hydrogens (primary N) is 1. The lowest BCUT2D eigenvalue weighted by atomic mass is 10.1. The van der Waals surface area contributed by atoms with E-state index in [1.165, 1.54) is 12.1 Å². The van der Waals surface area contributed by atoms with Crippen LogP contribution < -0.4 is 11.1 Å². The van der Waals surface area contributed by atoms with Gasteiger partial charge in [-0.25, -0.2) is 4.79 Å². The van der Waals surface area contributed by atoms with Crippen molar-refractivity contribution in [3.8, 4) is 0 Å². The summed E-state index contributed by atoms with van der Waals surface area (Å²) < 4.78 is 0.815. The van der Waals surface area contributed by atoms with Gasteiger partial charge in [-0.3, -0.25) is 0 Å². The van der Waals surface area contributed by atoms with E-state index in [9.17, 15) is 9.90 Å². The predicted molar refractivity (Wildman–Crippen MR) is 85.3 cm³/mol. The zero-order valence-electron chi connectivity index (χ0n) is 9.95. The highest BCUT2D eigenvalue weighted by atomic mass is 79.9. The Balaban J connectivity index is 2.50. The van der Waals surface area contributed by atoms with Gasteiger partial charge in [0.1, 0.15) is 0 Å². The Morgan fingerprint density at radius 2 is 1.90 bits per heavy atom. The van der Waals surface area contributed by atoms with E-state index < -0.39 is 5.97 Å². The van der Waals surface area contributed by atoms with Crippen molar-refractivity contribution in [2.45, 2.75) is 0 Å². The fraction of sp³-hybridized carbons (Fsp3) is 0. The molecule has 0 amide bonds. The van der Waals surface area contributed by atoms with Gasteiger partial charge in [0.15, 0.2) is 0 Å². The van der Waals surface area contributed by atoms with Gasteiger partial charge in [-0.2, -0.15) is 0 Å². The number of halogens is 3. The van der Waals surface area contributed by atoms with Gasteiger partial charge in [-0.05, 0) is 30.3 Å². The molecule has 0 unspecified atom stereocenters. The molecule has 0 heterocycles. The molecule has 0 saturated heterocycles. The first-order valence-corrected chi connectivity index (χ1v) is 6.98. The minimum absolute atomic E-state index is 0.0195. The molecular formula is C13H9BrCl2N2O2. The summed E-state index contributed by atoms with van der Waals surface area (Å²) in [5, 5.41) is 12.8. The largest absolute Gasteiger partial charge is 0.478 e. The lowest BCUT2D eigenvalue weighted by Gasteiger charge is -2.14. The van der Waals surface area contributed by atoms with Gasteiger partial charge in [0.25, 0.3) is 0 Å². The Bertz CT molecular complexity index is 692. The van der Waals surface area contributed by atoms with Crippen LogP contribution in [0.5, 0.6) is 0 Å². The highest BCUT2D eigenvalue weighted by Crippen LogP contribution is 2.35. The van der Waals surface area contributed by atoms with Gasteiger partial charge >= 0.3 is 5.97 Å². The van der Waals surface area contributed by atoms with Crippen LogP contribution in [0.1, 0.15) is 10.4 Å². The number of hydrogen-bond acceptors (Lipinski definition) is 3. The third-order valence-electron chi connectivity index (χ3n) is 2.53. The van der Waals surface area contributed by atoms with Crippen molar-refractivity contribution in [2.75, 3.05) is 11.1 Å². The van der Waals surface area contributed by atoms with E-state index >= 15 is 0 Å². The average molecular weight is 376 g/mol. The number of carbonyl (C=O) groups is 1. The SMILES string of the molecule is Nc1cc(Cl)c(Nc2ccc(Br)cc2Cl)c(C(=O)O)c1. The van der Waals surface area contributed by atoms with E-state index in [-0.39, 0.29) is 22.0 Å². The molecule has 104 valence electrons. The van der Waals surface area contributed by atoms with Crippen LogP contribution in [0.25, 0.3) is 0 Å². The summed E-state index contributed by atoms with van der Waals surface area (Å²) in [6.07, 6.45) is 0. The third-order valence-corrected chi connectivity index (χ3v) is 3.64. The molecule has 7 heteroatoms. The minimum atomic E-state index is -1.13. The molecule has 20 heavy (non-hydrogen) atoms. The predicted octanol–water partition coefficient (Wildman–Crippen LogP) is 4.78. The maximum absolute atomic E-state index is 11.3. The second-order valence-corrected chi connectivity index (χ2v) is 5.71. The summed E-state index contributed by atoms with van der Waals surface area (Å²) in [6.45, 7) is 0. The Morgan fingerprint density at radius 1 is 1.20 bits per heavy atom. The first-order chi connectivity index (χ1) is 9.38. The maximum atomic E-state index is 11.3. The highest BCUT2D eigenvalue weighted by Gasteiger charge is 2.16. The summed E-state index contributed by atoms with van der Waals surface area (Å²) >= 11 is 15.4. The van der Waals surface area contributed by atoms with E-state index in [1.54, 1.807) is 18.2 Å². The van der Waals surface area contributed by atoms with Crippen molar-refractivity contribution in [3.05, 3.63) is 50.4 Å². The normalized spacial score (nSPS) is 10.3. The topological polar surface area (TPSA) is 75.3 Å². The smallest absolute Gasteiger partial charge is 0.337 e. The minimum Gasteiger partial charge on any atom is -0.478 e. The first kappa shape index (κ1) is 15.0. The van der Waals surface area contributed by atoms with Crippen LogP contribution in [0.3, 0.4) is 0 Å². The fourth-order valence-electron chi connectivity index (χ4n) is 1.65.